The van der Waals surface area contributed by atoms with Gasteiger partial charge < -0.3 is 10.5 Å². The van der Waals surface area contributed by atoms with Gasteiger partial charge in [0.05, 0.1) is 5.02 Å². The Morgan fingerprint density at radius 1 is 0.850 bits per heavy atom. The maximum Gasteiger partial charge on any atom is 0.142 e. The molecule has 0 amide bonds. The minimum absolute atomic E-state index is 0.244. The zero-order valence-corrected chi connectivity index (χ0v) is 13.3. The van der Waals surface area contributed by atoms with E-state index in [0.29, 0.717) is 25.8 Å². The van der Waals surface area contributed by atoms with Gasteiger partial charge in [0, 0.05) is 32.7 Å². The molecule has 2 aromatic carbocycles. The minimum atomic E-state index is 0.244. The molecule has 0 saturated heterocycles. The zero-order chi connectivity index (χ0) is 14.7. The summed E-state index contributed by atoms with van der Waals surface area (Å²) in [7, 11) is 0. The van der Waals surface area contributed by atoms with Gasteiger partial charge in [0.1, 0.15) is 12.4 Å². The topological polar surface area (TPSA) is 35.2 Å². The van der Waals surface area contributed by atoms with Gasteiger partial charge in [-0.1, -0.05) is 46.4 Å². The smallest absolute Gasteiger partial charge is 0.142 e. The second kappa shape index (κ2) is 6.88. The van der Waals surface area contributed by atoms with Crippen molar-refractivity contribution < 1.29 is 4.74 Å². The molecule has 2 nitrogen and oxygen atoms in total. The van der Waals surface area contributed by atoms with Gasteiger partial charge >= 0.3 is 0 Å². The third-order valence-electron chi connectivity index (χ3n) is 2.68. The molecule has 0 aromatic heterocycles. The normalized spacial score (nSPS) is 10.7. The largest absolute Gasteiger partial charge is 0.487 e. The van der Waals surface area contributed by atoms with Crippen molar-refractivity contribution in [1.82, 2.24) is 0 Å². The molecule has 2 aromatic rings. The van der Waals surface area contributed by atoms with Crippen LogP contribution >= 0.6 is 46.4 Å². The molecule has 0 aliphatic rings. The van der Waals surface area contributed by atoms with Crippen molar-refractivity contribution in [1.29, 1.82) is 0 Å². The van der Waals surface area contributed by atoms with Gasteiger partial charge in [0.25, 0.3) is 0 Å². The lowest BCUT2D eigenvalue weighted by atomic mass is 10.2. The highest BCUT2D eigenvalue weighted by atomic mass is 35.5. The first-order valence-corrected chi connectivity index (χ1v) is 7.27. The van der Waals surface area contributed by atoms with Gasteiger partial charge in [-0.05, 0) is 30.3 Å². The molecular formula is C14H11Cl4NO. The average Bonchev–Trinajstić information content (AvgIpc) is 2.40. The Labute approximate surface area is 137 Å². The van der Waals surface area contributed by atoms with Crippen LogP contribution in [0.15, 0.2) is 30.3 Å². The molecule has 20 heavy (non-hydrogen) atoms. The average molecular weight is 351 g/mol. The van der Waals surface area contributed by atoms with Crippen LogP contribution < -0.4 is 10.5 Å². The summed E-state index contributed by atoms with van der Waals surface area (Å²) in [5.74, 6) is 0.509. The lowest BCUT2D eigenvalue weighted by Crippen LogP contribution is -2.04. The first-order valence-electron chi connectivity index (χ1n) is 5.76. The van der Waals surface area contributed by atoms with Gasteiger partial charge in [0.2, 0.25) is 0 Å². The van der Waals surface area contributed by atoms with Crippen molar-refractivity contribution >= 4 is 46.4 Å². The number of rotatable bonds is 4. The lowest BCUT2D eigenvalue weighted by Gasteiger charge is -2.13. The maximum atomic E-state index is 6.13. The predicted molar refractivity (Wildman–Crippen MR) is 85.1 cm³/mol. The standard InChI is InChI=1S/C14H11Cl4NO/c15-10-1-2-12(17)9(4-10)7-20-14-8(6-19)3-11(16)5-13(14)18/h1-5H,6-7,19H2. The Kier molecular flexibility index (Phi) is 5.42. The van der Waals surface area contributed by atoms with Crippen LogP contribution in [0.5, 0.6) is 5.75 Å². The third kappa shape index (κ3) is 3.72. The van der Waals surface area contributed by atoms with Gasteiger partial charge in [-0.3, -0.25) is 0 Å². The summed E-state index contributed by atoms with van der Waals surface area (Å²) in [6, 6.07) is 8.51. The minimum Gasteiger partial charge on any atom is -0.487 e. The monoisotopic (exact) mass is 349 g/mol. The Balaban J connectivity index is 2.25. The molecule has 0 bridgehead atoms. The third-order valence-corrected chi connectivity index (χ3v) is 3.79. The van der Waals surface area contributed by atoms with E-state index in [2.05, 4.69) is 0 Å². The molecule has 2 N–H and O–H groups in total. The second-order valence-electron chi connectivity index (χ2n) is 4.10. The number of halogens is 4. The number of nitrogens with two attached hydrogens (primary N) is 1. The molecule has 6 heteroatoms. The molecule has 0 heterocycles. The van der Waals surface area contributed by atoms with E-state index in [1.165, 1.54) is 0 Å². The van der Waals surface area contributed by atoms with Crippen LogP contribution in [0.1, 0.15) is 11.1 Å². The number of ether oxygens (including phenoxy) is 1. The number of benzene rings is 2. The fourth-order valence-electron chi connectivity index (χ4n) is 1.73. The van der Waals surface area contributed by atoms with Crippen LogP contribution in [0.4, 0.5) is 0 Å². The Hall–Kier alpha value is -0.640. The second-order valence-corrected chi connectivity index (χ2v) is 5.79. The highest BCUT2D eigenvalue weighted by Crippen LogP contribution is 2.33. The maximum absolute atomic E-state index is 6.13. The van der Waals surface area contributed by atoms with E-state index in [4.69, 9.17) is 56.9 Å². The summed E-state index contributed by atoms with van der Waals surface area (Å²) in [4.78, 5) is 0. The van der Waals surface area contributed by atoms with Crippen LogP contribution in [0, 0.1) is 0 Å². The van der Waals surface area contributed by atoms with Crippen LogP contribution in [-0.4, -0.2) is 0 Å². The van der Waals surface area contributed by atoms with Crippen molar-refractivity contribution in [2.75, 3.05) is 0 Å². The van der Waals surface area contributed by atoms with Gasteiger partial charge in [-0.15, -0.1) is 0 Å². The summed E-state index contributed by atoms with van der Waals surface area (Å²) in [6.45, 7) is 0.520. The summed E-state index contributed by atoms with van der Waals surface area (Å²) in [5.41, 5.74) is 7.18. The fraction of sp³-hybridized carbons (Fsp3) is 0.143. The molecule has 2 rings (SSSR count). The SMILES string of the molecule is NCc1cc(Cl)cc(Cl)c1OCc1cc(Cl)ccc1Cl. The fourth-order valence-corrected chi connectivity index (χ4v) is 2.69. The number of hydrogen-bond acceptors (Lipinski definition) is 2. The van der Waals surface area contributed by atoms with E-state index in [-0.39, 0.29) is 13.2 Å². The molecule has 0 atom stereocenters. The first-order chi connectivity index (χ1) is 9.51. The van der Waals surface area contributed by atoms with E-state index in [1.54, 1.807) is 30.3 Å². The van der Waals surface area contributed by atoms with Crippen LogP contribution in [0.3, 0.4) is 0 Å². The van der Waals surface area contributed by atoms with E-state index in [0.717, 1.165) is 11.1 Å². The molecule has 0 aliphatic carbocycles. The summed E-state index contributed by atoms with van der Waals surface area (Å²) < 4.78 is 5.72. The van der Waals surface area contributed by atoms with E-state index in [9.17, 15) is 0 Å². The molecular weight excluding hydrogens is 340 g/mol. The van der Waals surface area contributed by atoms with Crippen LogP contribution in [0.2, 0.25) is 20.1 Å². The van der Waals surface area contributed by atoms with Crippen molar-refractivity contribution in [3.8, 4) is 5.75 Å². The molecule has 0 aliphatic heterocycles. The molecule has 0 unspecified atom stereocenters. The summed E-state index contributed by atoms with van der Waals surface area (Å²) in [6.07, 6.45) is 0. The Morgan fingerprint density at radius 3 is 2.25 bits per heavy atom. The van der Waals surface area contributed by atoms with E-state index in [1.807, 2.05) is 0 Å². The number of hydrogen-bond donors (Lipinski definition) is 1. The molecule has 0 spiro atoms. The lowest BCUT2D eigenvalue weighted by molar-refractivity contribution is 0.303. The quantitative estimate of drug-likeness (QED) is 0.807. The molecule has 0 fully saturated rings. The van der Waals surface area contributed by atoms with E-state index < -0.39 is 0 Å². The molecule has 106 valence electrons. The van der Waals surface area contributed by atoms with Crippen molar-refractivity contribution in [3.63, 3.8) is 0 Å². The van der Waals surface area contributed by atoms with Crippen molar-refractivity contribution in [2.45, 2.75) is 13.2 Å². The van der Waals surface area contributed by atoms with Crippen LogP contribution in [-0.2, 0) is 13.2 Å². The molecule has 0 radical (unpaired) electrons. The van der Waals surface area contributed by atoms with Gasteiger partial charge in [0.15, 0.2) is 0 Å². The first kappa shape index (κ1) is 15.7. The Morgan fingerprint density at radius 2 is 1.55 bits per heavy atom. The zero-order valence-electron chi connectivity index (χ0n) is 10.3. The van der Waals surface area contributed by atoms with Gasteiger partial charge in [-0.25, -0.2) is 0 Å². The highest BCUT2D eigenvalue weighted by molar-refractivity contribution is 6.35. The van der Waals surface area contributed by atoms with Gasteiger partial charge in [-0.2, -0.15) is 0 Å². The van der Waals surface area contributed by atoms with E-state index >= 15 is 0 Å². The highest BCUT2D eigenvalue weighted by Gasteiger charge is 2.11. The van der Waals surface area contributed by atoms with Crippen LogP contribution in [0.25, 0.3) is 0 Å². The summed E-state index contributed by atoms with van der Waals surface area (Å²) >= 11 is 24.1. The Bertz CT molecular complexity index is 631. The van der Waals surface area contributed by atoms with Crippen molar-refractivity contribution in [2.24, 2.45) is 5.73 Å². The molecule has 0 saturated carbocycles. The van der Waals surface area contributed by atoms with Crippen molar-refractivity contribution in [3.05, 3.63) is 61.5 Å². The summed E-state index contributed by atoms with van der Waals surface area (Å²) in [5, 5.41) is 2.10. The predicted octanol–water partition coefficient (Wildman–Crippen LogP) is 5.34.